The van der Waals surface area contributed by atoms with Crippen molar-refractivity contribution in [1.29, 1.82) is 0 Å². The highest BCUT2D eigenvalue weighted by molar-refractivity contribution is 5.90. The van der Waals surface area contributed by atoms with Gasteiger partial charge in [0.2, 0.25) is 5.82 Å². The lowest BCUT2D eigenvalue weighted by Crippen LogP contribution is -2.28. The Bertz CT molecular complexity index is 943. The molecule has 3 aromatic rings. The van der Waals surface area contributed by atoms with E-state index in [-0.39, 0.29) is 18.2 Å². The summed E-state index contributed by atoms with van der Waals surface area (Å²) in [6.45, 7) is 4.67. The van der Waals surface area contributed by atoms with E-state index in [9.17, 15) is 9.18 Å². The van der Waals surface area contributed by atoms with Crippen molar-refractivity contribution in [3.63, 3.8) is 0 Å². The van der Waals surface area contributed by atoms with Gasteiger partial charge < -0.3 is 10.6 Å². The van der Waals surface area contributed by atoms with Gasteiger partial charge in [-0.05, 0) is 43.9 Å². The third-order valence-corrected chi connectivity index (χ3v) is 4.39. The van der Waals surface area contributed by atoms with Crippen LogP contribution >= 0.6 is 0 Å². The Balaban J connectivity index is 1.60. The third kappa shape index (κ3) is 4.87. The summed E-state index contributed by atoms with van der Waals surface area (Å²) in [5.41, 5.74) is 3.20. The van der Waals surface area contributed by atoms with Crippen LogP contribution < -0.4 is 10.6 Å². The van der Waals surface area contributed by atoms with E-state index in [4.69, 9.17) is 0 Å². The van der Waals surface area contributed by atoms with Gasteiger partial charge in [0.1, 0.15) is 11.6 Å². The molecule has 0 spiro atoms. The molecule has 146 valence electrons. The number of nitrogens with zero attached hydrogens (tertiary/aromatic N) is 4. The van der Waals surface area contributed by atoms with Gasteiger partial charge in [0.25, 0.3) is 5.91 Å². The van der Waals surface area contributed by atoms with Crippen molar-refractivity contribution in [3.05, 3.63) is 64.9 Å². The molecule has 0 aliphatic carbocycles. The predicted octanol–water partition coefficient (Wildman–Crippen LogP) is 1.98. The molecule has 3 heterocycles. The summed E-state index contributed by atoms with van der Waals surface area (Å²) in [4.78, 5) is 24.7. The number of carbonyl (C=O) groups excluding carboxylic acids is 1. The van der Waals surface area contributed by atoms with Crippen molar-refractivity contribution in [2.24, 2.45) is 0 Å². The molecule has 0 radical (unpaired) electrons. The van der Waals surface area contributed by atoms with Crippen molar-refractivity contribution >= 4 is 11.7 Å². The summed E-state index contributed by atoms with van der Waals surface area (Å²) in [5.74, 6) is -0.0656. The van der Waals surface area contributed by atoms with Crippen molar-refractivity contribution in [1.82, 2.24) is 30.5 Å². The summed E-state index contributed by atoms with van der Waals surface area (Å²) in [6.07, 6.45) is 7.42. The number of hydrogen-bond acceptors (Lipinski definition) is 6. The molecule has 3 aromatic heterocycles. The van der Waals surface area contributed by atoms with Crippen LogP contribution in [-0.4, -0.2) is 44.1 Å². The van der Waals surface area contributed by atoms with Gasteiger partial charge in [0.05, 0.1) is 12.4 Å². The van der Waals surface area contributed by atoms with Crippen LogP contribution in [0.3, 0.4) is 0 Å². The fraction of sp³-hybridized carbons (Fsp3) is 0.316. The number of aromatic nitrogens is 5. The second kappa shape index (κ2) is 9.03. The highest BCUT2D eigenvalue weighted by Gasteiger charge is 2.14. The van der Waals surface area contributed by atoms with Crippen LogP contribution in [-0.2, 0) is 12.8 Å². The smallest absolute Gasteiger partial charge is 0.289 e. The molecule has 8 nitrogen and oxygen atoms in total. The zero-order valence-electron chi connectivity index (χ0n) is 15.8. The number of hydrogen-bond donors (Lipinski definition) is 3. The van der Waals surface area contributed by atoms with Gasteiger partial charge in [-0.3, -0.25) is 14.9 Å². The first-order valence-corrected chi connectivity index (χ1v) is 8.98. The van der Waals surface area contributed by atoms with Gasteiger partial charge in [-0.1, -0.05) is 0 Å². The van der Waals surface area contributed by atoms with E-state index in [1.807, 2.05) is 20.0 Å². The molecule has 0 fully saturated rings. The number of halogens is 1. The summed E-state index contributed by atoms with van der Waals surface area (Å²) >= 11 is 0. The van der Waals surface area contributed by atoms with Gasteiger partial charge in [-0.15, -0.1) is 0 Å². The highest BCUT2D eigenvalue weighted by Crippen LogP contribution is 2.15. The molecule has 0 bridgehead atoms. The molecule has 9 heteroatoms. The Morgan fingerprint density at radius 1 is 1.18 bits per heavy atom. The van der Waals surface area contributed by atoms with Crippen LogP contribution in [0.25, 0.3) is 0 Å². The van der Waals surface area contributed by atoms with E-state index in [2.05, 4.69) is 35.8 Å². The molecule has 0 atom stereocenters. The van der Waals surface area contributed by atoms with Crippen molar-refractivity contribution in [2.45, 2.75) is 26.7 Å². The Morgan fingerprint density at radius 3 is 2.79 bits per heavy atom. The molecule has 0 unspecified atom stereocenters. The average Bonchev–Trinajstić information content (AvgIpc) is 3.20. The summed E-state index contributed by atoms with van der Waals surface area (Å²) < 4.78 is 13.6. The maximum atomic E-state index is 13.6. The van der Waals surface area contributed by atoms with Gasteiger partial charge in [0.15, 0.2) is 0 Å². The minimum Gasteiger partial charge on any atom is -0.369 e. The maximum Gasteiger partial charge on any atom is 0.289 e. The van der Waals surface area contributed by atoms with Crippen LogP contribution in [0.1, 0.15) is 33.0 Å². The summed E-state index contributed by atoms with van der Waals surface area (Å²) in [7, 11) is 0. The number of aromatic amines is 1. The lowest BCUT2D eigenvalue weighted by molar-refractivity contribution is 0.0943. The zero-order chi connectivity index (χ0) is 19.9. The Hall–Kier alpha value is -3.36. The van der Waals surface area contributed by atoms with Crippen LogP contribution in [0.5, 0.6) is 0 Å². The van der Waals surface area contributed by atoms with Gasteiger partial charge in [-0.2, -0.15) is 5.10 Å². The van der Waals surface area contributed by atoms with Crippen molar-refractivity contribution < 1.29 is 9.18 Å². The first kappa shape index (κ1) is 19.4. The number of H-pyrrole nitrogens is 1. The average molecular weight is 383 g/mol. The van der Waals surface area contributed by atoms with Gasteiger partial charge in [0, 0.05) is 36.7 Å². The van der Waals surface area contributed by atoms with Crippen molar-refractivity contribution in [3.8, 4) is 0 Å². The number of amides is 1. The molecular formula is C19H22FN7O. The lowest BCUT2D eigenvalue weighted by Gasteiger charge is -2.12. The number of pyridine rings is 1. The largest absolute Gasteiger partial charge is 0.369 e. The summed E-state index contributed by atoms with van der Waals surface area (Å²) in [5, 5.41) is 12.7. The van der Waals surface area contributed by atoms with E-state index in [1.54, 1.807) is 12.3 Å². The first-order chi connectivity index (χ1) is 13.5. The highest BCUT2D eigenvalue weighted by atomic mass is 19.1. The van der Waals surface area contributed by atoms with E-state index in [0.717, 1.165) is 29.4 Å². The van der Waals surface area contributed by atoms with Gasteiger partial charge in [-0.25, -0.2) is 14.4 Å². The number of anilines is 1. The molecular weight excluding hydrogens is 361 g/mol. The molecule has 0 aliphatic rings. The Morgan fingerprint density at radius 2 is 2.04 bits per heavy atom. The van der Waals surface area contributed by atoms with E-state index in [0.29, 0.717) is 24.3 Å². The van der Waals surface area contributed by atoms with Gasteiger partial charge >= 0.3 is 0 Å². The van der Waals surface area contributed by atoms with Crippen molar-refractivity contribution in [2.75, 3.05) is 18.4 Å². The van der Waals surface area contributed by atoms with E-state index >= 15 is 0 Å². The van der Waals surface area contributed by atoms with Crippen LogP contribution in [0, 0.1) is 19.7 Å². The fourth-order valence-corrected chi connectivity index (χ4v) is 2.64. The standard InChI is InChI=1S/C19H22FN7O/c1-12-13(2)26-18(27-17(12)22-7-3-14-9-24-25-10-14)19(28)23-8-5-15-4-6-21-11-16(15)20/h4,6,9-11H,3,5,7-8H2,1-2H3,(H,23,28)(H,24,25)(H,22,26,27). The lowest BCUT2D eigenvalue weighted by atomic mass is 10.2. The number of rotatable bonds is 8. The zero-order valence-corrected chi connectivity index (χ0v) is 15.8. The fourth-order valence-electron chi connectivity index (χ4n) is 2.64. The number of nitrogens with one attached hydrogen (secondary N) is 3. The van der Waals surface area contributed by atoms with E-state index in [1.165, 1.54) is 6.20 Å². The molecule has 28 heavy (non-hydrogen) atoms. The molecule has 0 aromatic carbocycles. The van der Waals surface area contributed by atoms with Crippen LogP contribution in [0.15, 0.2) is 30.9 Å². The van der Waals surface area contributed by atoms with E-state index < -0.39 is 5.91 Å². The Labute approximate surface area is 162 Å². The predicted molar refractivity (Wildman–Crippen MR) is 103 cm³/mol. The SMILES string of the molecule is Cc1nc(C(=O)NCCc2ccncc2F)nc(NCCc2cn[nH]c2)c1C. The Kier molecular flexibility index (Phi) is 6.25. The molecule has 0 saturated carbocycles. The van der Waals surface area contributed by atoms with Crippen LogP contribution in [0.2, 0.25) is 0 Å². The monoisotopic (exact) mass is 383 g/mol. The number of carbonyl (C=O) groups is 1. The third-order valence-electron chi connectivity index (χ3n) is 4.39. The molecule has 3 rings (SSSR count). The molecule has 0 saturated heterocycles. The minimum absolute atomic E-state index is 0.0871. The molecule has 3 N–H and O–H groups in total. The number of aryl methyl sites for hydroxylation is 1. The molecule has 0 aliphatic heterocycles. The second-order valence-electron chi connectivity index (χ2n) is 6.36. The minimum atomic E-state index is -0.393. The summed E-state index contributed by atoms with van der Waals surface area (Å²) in [6, 6.07) is 1.59. The maximum absolute atomic E-state index is 13.6. The molecule has 1 amide bonds. The topological polar surface area (TPSA) is 108 Å². The first-order valence-electron chi connectivity index (χ1n) is 8.98. The quantitative estimate of drug-likeness (QED) is 0.549. The normalized spacial score (nSPS) is 10.7. The second-order valence-corrected chi connectivity index (χ2v) is 6.36. The van der Waals surface area contributed by atoms with Crippen LogP contribution in [0.4, 0.5) is 10.2 Å².